The van der Waals surface area contributed by atoms with Crippen molar-refractivity contribution in [2.75, 3.05) is 7.05 Å². The molecule has 5 rings (SSSR count). The van der Waals surface area contributed by atoms with Crippen LogP contribution in [0.1, 0.15) is 88.8 Å². The molecule has 0 saturated heterocycles. The minimum atomic E-state index is 0.0595. The van der Waals surface area contributed by atoms with Gasteiger partial charge in [-0.1, -0.05) is 69.5 Å². The summed E-state index contributed by atoms with van der Waals surface area (Å²) in [6, 6.07) is 11.7. The van der Waals surface area contributed by atoms with Gasteiger partial charge in [0.15, 0.2) is 23.6 Å². The maximum atomic E-state index is 4.69. The van der Waals surface area contributed by atoms with Crippen molar-refractivity contribution in [2.24, 2.45) is 0 Å². The number of hydrogen-bond donors (Lipinski definition) is 0. The smallest absolute Gasteiger partial charge is 0.205 e. The van der Waals surface area contributed by atoms with Gasteiger partial charge in [0.25, 0.3) is 0 Å². The Morgan fingerprint density at radius 1 is 1.10 bits per heavy atom. The highest BCUT2D eigenvalue weighted by Crippen LogP contribution is 2.52. The van der Waals surface area contributed by atoms with E-state index >= 15 is 0 Å². The summed E-state index contributed by atoms with van der Waals surface area (Å²) in [5, 5.41) is 0. The second kappa shape index (κ2) is 11.5. The summed E-state index contributed by atoms with van der Waals surface area (Å²) in [6.07, 6.45) is 22.8. The maximum Gasteiger partial charge on any atom is 0.217 e. The van der Waals surface area contributed by atoms with E-state index in [1.54, 1.807) is 5.56 Å². The molecule has 0 spiro atoms. The van der Waals surface area contributed by atoms with Gasteiger partial charge in [-0.3, -0.25) is 0 Å². The Labute approximate surface area is 242 Å². The van der Waals surface area contributed by atoms with Crippen LogP contribution in [0.3, 0.4) is 0 Å². The van der Waals surface area contributed by atoms with Gasteiger partial charge in [-0.2, -0.15) is 4.57 Å². The second-order valence-electron chi connectivity index (χ2n) is 11.7. The molecule has 1 aromatic heterocycles. The standard InChI is InChI=1S/C38H46N2/c1-8-11-16-27(4)28(5)25-30(29(6)35-20-12-13-23-39(35)7)21-22-34-33-19-14-17-31-26-32-18-15-24-40(37(32)36(31)33)38(34,9-2)10-3/h8,11,13-19,23-25,34H,5-6,9-10,12,20-22,26H2,1-4,7H3/q+2. The van der Waals surface area contributed by atoms with Crippen molar-refractivity contribution in [2.45, 2.75) is 84.1 Å². The van der Waals surface area contributed by atoms with Crippen LogP contribution in [-0.2, 0) is 12.0 Å². The van der Waals surface area contributed by atoms with Crippen molar-refractivity contribution in [1.29, 1.82) is 0 Å². The van der Waals surface area contributed by atoms with Crippen LogP contribution in [0.5, 0.6) is 0 Å². The van der Waals surface area contributed by atoms with Gasteiger partial charge in [-0.15, -0.1) is 0 Å². The van der Waals surface area contributed by atoms with Crippen molar-refractivity contribution >= 4 is 5.71 Å². The number of nitrogens with zero attached hydrogens (tertiary/aromatic N) is 2. The van der Waals surface area contributed by atoms with Gasteiger partial charge in [-0.25, -0.2) is 4.58 Å². The van der Waals surface area contributed by atoms with Crippen molar-refractivity contribution in [3.05, 3.63) is 125 Å². The minimum absolute atomic E-state index is 0.0595. The number of allylic oxidation sites excluding steroid dienone is 9. The van der Waals surface area contributed by atoms with E-state index in [4.69, 9.17) is 0 Å². The van der Waals surface area contributed by atoms with E-state index in [9.17, 15) is 0 Å². The molecule has 0 N–H and O–H groups in total. The summed E-state index contributed by atoms with van der Waals surface area (Å²) in [5.74, 6) is 0.432. The summed E-state index contributed by atoms with van der Waals surface area (Å²) in [4.78, 5) is 0. The first kappa shape index (κ1) is 28.0. The third-order valence-corrected chi connectivity index (χ3v) is 9.74. The molecule has 1 atom stereocenters. The SMILES string of the molecule is C=C(C=C(CCC1c2cccc3c2-c2c(ccc[n+]2C1(CC)CC)C3)C(=C)C1=[N+](C)C=CCC1)C(C)=CC=CC. The summed E-state index contributed by atoms with van der Waals surface area (Å²) in [5.41, 5.74) is 13.6. The molecule has 1 aromatic carbocycles. The first-order valence-electron chi connectivity index (χ1n) is 15.2. The third kappa shape index (κ3) is 4.72. The molecule has 0 saturated carbocycles. The Kier molecular flexibility index (Phi) is 8.08. The lowest BCUT2D eigenvalue weighted by molar-refractivity contribution is -0.763. The zero-order valence-corrected chi connectivity index (χ0v) is 25.3. The van der Waals surface area contributed by atoms with E-state index < -0.39 is 0 Å². The first-order chi connectivity index (χ1) is 19.4. The quantitative estimate of drug-likeness (QED) is 0.182. The molecule has 0 fully saturated rings. The van der Waals surface area contributed by atoms with Crippen LogP contribution in [0, 0.1) is 0 Å². The predicted octanol–water partition coefficient (Wildman–Crippen LogP) is 8.89. The average Bonchev–Trinajstić information content (AvgIpc) is 3.36. The molecule has 3 aliphatic rings. The van der Waals surface area contributed by atoms with Crippen molar-refractivity contribution < 1.29 is 9.14 Å². The van der Waals surface area contributed by atoms with Crippen LogP contribution >= 0.6 is 0 Å². The Morgan fingerprint density at radius 3 is 2.60 bits per heavy atom. The normalized spacial score (nSPS) is 19.4. The van der Waals surface area contributed by atoms with Crippen molar-refractivity contribution in [3.8, 4) is 11.3 Å². The van der Waals surface area contributed by atoms with Crippen molar-refractivity contribution in [3.63, 3.8) is 0 Å². The lowest BCUT2D eigenvalue weighted by Gasteiger charge is -2.40. The summed E-state index contributed by atoms with van der Waals surface area (Å²) in [7, 11) is 2.15. The number of aromatic nitrogens is 1. The molecule has 206 valence electrons. The van der Waals surface area contributed by atoms with Gasteiger partial charge in [0.05, 0.1) is 11.5 Å². The number of pyridine rings is 1. The lowest BCUT2D eigenvalue weighted by atomic mass is 9.68. The Morgan fingerprint density at radius 2 is 1.88 bits per heavy atom. The largest absolute Gasteiger partial charge is 0.217 e. The summed E-state index contributed by atoms with van der Waals surface area (Å²) in [6.45, 7) is 18.1. The van der Waals surface area contributed by atoms with Crippen LogP contribution in [-0.4, -0.2) is 17.3 Å². The highest BCUT2D eigenvalue weighted by Gasteiger charge is 2.53. The molecule has 0 amide bonds. The molecule has 1 aliphatic carbocycles. The van der Waals surface area contributed by atoms with Crippen LogP contribution in [0.25, 0.3) is 11.3 Å². The molecule has 0 bridgehead atoms. The number of rotatable bonds is 10. The van der Waals surface area contributed by atoms with Gasteiger partial charge in [0, 0.05) is 42.9 Å². The first-order valence-corrected chi connectivity index (χ1v) is 15.2. The van der Waals surface area contributed by atoms with Crippen molar-refractivity contribution in [1.82, 2.24) is 0 Å². The van der Waals surface area contributed by atoms with E-state index in [2.05, 4.69) is 130 Å². The van der Waals surface area contributed by atoms with Gasteiger partial charge in [0.2, 0.25) is 5.69 Å². The maximum absolute atomic E-state index is 4.69. The van der Waals surface area contributed by atoms with Gasteiger partial charge in [0.1, 0.15) is 7.05 Å². The Balaban J connectivity index is 1.57. The predicted molar refractivity (Wildman–Crippen MR) is 170 cm³/mol. The molecule has 1 unspecified atom stereocenters. The average molecular weight is 531 g/mol. The fourth-order valence-electron chi connectivity index (χ4n) is 7.41. The van der Waals surface area contributed by atoms with E-state index in [0.717, 1.165) is 56.1 Å². The zero-order chi connectivity index (χ0) is 28.4. The molecule has 2 heteroatoms. The molecule has 2 nitrogen and oxygen atoms in total. The second-order valence-corrected chi connectivity index (χ2v) is 11.7. The zero-order valence-electron chi connectivity index (χ0n) is 25.3. The van der Waals surface area contributed by atoms with Gasteiger partial charge in [-0.05, 0) is 73.1 Å². The lowest BCUT2D eigenvalue weighted by Crippen LogP contribution is -2.62. The molecule has 2 aromatic rings. The number of benzene rings is 1. The summed E-state index contributed by atoms with van der Waals surface area (Å²) < 4.78 is 4.92. The van der Waals surface area contributed by atoms with Gasteiger partial charge < -0.3 is 0 Å². The van der Waals surface area contributed by atoms with E-state index in [1.807, 2.05) is 0 Å². The fraction of sp³-hybridized carbons (Fsp3) is 0.368. The molecular weight excluding hydrogens is 484 g/mol. The van der Waals surface area contributed by atoms with Crippen LogP contribution in [0.4, 0.5) is 0 Å². The van der Waals surface area contributed by atoms with E-state index in [0.29, 0.717) is 5.92 Å². The van der Waals surface area contributed by atoms with E-state index in [-0.39, 0.29) is 5.54 Å². The Hall–Kier alpha value is -3.52. The van der Waals surface area contributed by atoms with Crippen LogP contribution in [0.15, 0.2) is 109 Å². The highest BCUT2D eigenvalue weighted by atomic mass is 15.1. The van der Waals surface area contributed by atoms with Crippen LogP contribution < -0.4 is 4.57 Å². The van der Waals surface area contributed by atoms with E-state index in [1.165, 1.54) is 39.2 Å². The summed E-state index contributed by atoms with van der Waals surface area (Å²) >= 11 is 0. The topological polar surface area (TPSA) is 6.89 Å². The molecular formula is C38H46N2+2. The molecule has 0 radical (unpaired) electrons. The monoisotopic (exact) mass is 530 g/mol. The number of hydrogen-bond acceptors (Lipinski definition) is 0. The minimum Gasteiger partial charge on any atom is -0.205 e. The van der Waals surface area contributed by atoms with Gasteiger partial charge >= 0.3 is 0 Å². The molecule has 2 aliphatic heterocycles. The Bertz CT molecular complexity index is 1500. The highest BCUT2D eigenvalue weighted by molar-refractivity contribution is 6.00. The molecule has 40 heavy (non-hydrogen) atoms. The van der Waals surface area contributed by atoms with Crippen LogP contribution in [0.2, 0.25) is 0 Å². The third-order valence-electron chi connectivity index (χ3n) is 9.74. The molecule has 3 heterocycles. The fourth-order valence-corrected chi connectivity index (χ4v) is 7.41.